The second-order valence-electron chi connectivity index (χ2n) is 3.20. The van der Waals surface area contributed by atoms with E-state index < -0.39 is 3.79 Å². The molecule has 15 heavy (non-hydrogen) atoms. The summed E-state index contributed by atoms with van der Waals surface area (Å²) in [6.45, 7) is 1.74. The Morgan fingerprint density at radius 3 is 2.60 bits per heavy atom. The monoisotopic (exact) mass is 266 g/mol. The third-order valence-corrected chi connectivity index (χ3v) is 2.55. The van der Waals surface area contributed by atoms with Crippen molar-refractivity contribution < 1.29 is 4.39 Å². The van der Waals surface area contributed by atoms with Gasteiger partial charge >= 0.3 is 0 Å². The normalized spacial score (nSPS) is 12.3. The van der Waals surface area contributed by atoms with E-state index >= 15 is 0 Å². The van der Waals surface area contributed by atoms with Gasteiger partial charge in [0.1, 0.15) is 5.82 Å². The second kappa shape index (κ2) is 3.51. The van der Waals surface area contributed by atoms with Gasteiger partial charge < -0.3 is 4.98 Å². The maximum atomic E-state index is 13.1. The molecule has 0 saturated carbocycles. The molecule has 0 unspecified atom stereocenters. The van der Waals surface area contributed by atoms with Crippen molar-refractivity contribution in [3.05, 3.63) is 29.3 Å². The quantitative estimate of drug-likeness (QED) is 0.722. The minimum absolute atomic E-state index is 0.191. The summed E-state index contributed by atoms with van der Waals surface area (Å²) in [5.41, 5.74) is 1.83. The molecular weight excluding hydrogens is 261 g/mol. The third kappa shape index (κ3) is 2.05. The number of nitrogens with zero attached hydrogens (tertiary/aromatic N) is 1. The average Bonchev–Trinajstić information content (AvgIpc) is 2.46. The van der Waals surface area contributed by atoms with Crippen molar-refractivity contribution >= 4 is 45.8 Å². The van der Waals surface area contributed by atoms with Crippen molar-refractivity contribution in [1.82, 2.24) is 9.97 Å². The molecule has 2 aromatic rings. The fourth-order valence-electron chi connectivity index (χ4n) is 1.38. The number of H-pyrrole nitrogens is 1. The number of imidazole rings is 1. The maximum absolute atomic E-state index is 13.1. The fourth-order valence-corrected chi connectivity index (χ4v) is 1.65. The lowest BCUT2D eigenvalue weighted by Gasteiger charge is -2.04. The molecule has 0 saturated heterocycles. The molecule has 0 bridgehead atoms. The SMILES string of the molecule is Cc1cc(F)cc2[nH]c(C(Cl)(Cl)Cl)nc12. The number of nitrogens with one attached hydrogen (secondary N) is 1. The highest BCUT2D eigenvalue weighted by Crippen LogP contribution is 2.37. The van der Waals surface area contributed by atoms with Gasteiger partial charge in [-0.25, -0.2) is 9.37 Å². The number of hydrogen-bond donors (Lipinski definition) is 1. The average molecular weight is 268 g/mol. The number of aryl methyl sites for hydroxylation is 1. The van der Waals surface area contributed by atoms with Crippen LogP contribution in [0.3, 0.4) is 0 Å². The Bertz CT molecular complexity index is 516. The smallest absolute Gasteiger partial charge is 0.248 e. The number of halogens is 4. The van der Waals surface area contributed by atoms with Crippen LogP contribution in [0.5, 0.6) is 0 Å². The van der Waals surface area contributed by atoms with E-state index in [9.17, 15) is 4.39 Å². The fraction of sp³-hybridized carbons (Fsp3) is 0.222. The van der Waals surface area contributed by atoms with Gasteiger partial charge in [-0.05, 0) is 24.6 Å². The molecule has 1 heterocycles. The second-order valence-corrected chi connectivity index (χ2v) is 5.48. The first kappa shape index (κ1) is 11.0. The molecule has 2 rings (SSSR count). The largest absolute Gasteiger partial charge is 0.338 e. The van der Waals surface area contributed by atoms with E-state index in [4.69, 9.17) is 34.8 Å². The van der Waals surface area contributed by atoms with Crippen LogP contribution in [0.4, 0.5) is 4.39 Å². The van der Waals surface area contributed by atoms with Crippen molar-refractivity contribution in [3.8, 4) is 0 Å². The first-order chi connectivity index (χ1) is 6.88. The number of benzene rings is 1. The van der Waals surface area contributed by atoms with Gasteiger partial charge in [-0.3, -0.25) is 0 Å². The zero-order chi connectivity index (χ0) is 11.2. The third-order valence-electron chi connectivity index (χ3n) is 2.01. The first-order valence-corrected chi connectivity index (χ1v) is 5.24. The topological polar surface area (TPSA) is 28.7 Å². The highest BCUT2D eigenvalue weighted by atomic mass is 35.6. The molecule has 0 fully saturated rings. The molecule has 6 heteroatoms. The van der Waals surface area contributed by atoms with Crippen LogP contribution in [-0.4, -0.2) is 9.97 Å². The van der Waals surface area contributed by atoms with Crippen molar-refractivity contribution in [1.29, 1.82) is 0 Å². The molecule has 2 nitrogen and oxygen atoms in total. The number of aromatic nitrogens is 2. The predicted molar refractivity (Wildman–Crippen MR) is 60.0 cm³/mol. The molecule has 0 spiro atoms. The maximum Gasteiger partial charge on any atom is 0.248 e. The minimum Gasteiger partial charge on any atom is -0.338 e. The summed E-state index contributed by atoms with van der Waals surface area (Å²) in [7, 11) is 0. The van der Waals surface area contributed by atoms with Crippen LogP contribution >= 0.6 is 34.8 Å². The summed E-state index contributed by atoms with van der Waals surface area (Å²) in [4.78, 5) is 6.88. The number of aromatic amines is 1. The molecule has 1 aromatic heterocycles. The van der Waals surface area contributed by atoms with Gasteiger partial charge in [0.05, 0.1) is 11.0 Å². The molecule has 0 aliphatic heterocycles. The van der Waals surface area contributed by atoms with Gasteiger partial charge in [-0.15, -0.1) is 0 Å². The van der Waals surface area contributed by atoms with Crippen LogP contribution in [-0.2, 0) is 3.79 Å². The Kier molecular flexibility index (Phi) is 2.57. The van der Waals surface area contributed by atoms with Gasteiger partial charge in [0.25, 0.3) is 0 Å². The molecule has 0 aliphatic carbocycles. The minimum atomic E-state index is -1.62. The lowest BCUT2D eigenvalue weighted by Crippen LogP contribution is -2.02. The van der Waals surface area contributed by atoms with Crippen LogP contribution in [0.2, 0.25) is 0 Å². The summed E-state index contributed by atoms with van der Waals surface area (Å²) in [6.07, 6.45) is 0. The van der Waals surface area contributed by atoms with Crippen molar-refractivity contribution in [2.45, 2.75) is 10.7 Å². The standard InChI is InChI=1S/C9H6Cl3FN2/c1-4-2-5(13)3-6-7(4)15-8(14-6)9(10,11)12/h2-3H,1H3,(H,14,15). The van der Waals surface area contributed by atoms with Gasteiger partial charge in [0.2, 0.25) is 3.79 Å². The van der Waals surface area contributed by atoms with Gasteiger partial charge in [-0.2, -0.15) is 0 Å². The van der Waals surface area contributed by atoms with E-state index in [1.54, 1.807) is 6.92 Å². The van der Waals surface area contributed by atoms with Crippen LogP contribution in [0.25, 0.3) is 11.0 Å². The lowest BCUT2D eigenvalue weighted by molar-refractivity contribution is 0.628. The molecule has 0 atom stereocenters. The Balaban J connectivity index is 2.71. The Hall–Kier alpha value is -0.510. The summed E-state index contributed by atoms with van der Waals surface area (Å²) in [5.74, 6) is -0.157. The number of rotatable bonds is 0. The molecule has 1 aromatic carbocycles. The summed E-state index contributed by atoms with van der Waals surface area (Å²) < 4.78 is 11.4. The van der Waals surface area contributed by atoms with Gasteiger partial charge in [0, 0.05) is 0 Å². The lowest BCUT2D eigenvalue weighted by atomic mass is 10.2. The molecule has 0 amide bonds. The number of hydrogen-bond acceptors (Lipinski definition) is 1. The molecule has 1 N–H and O–H groups in total. The highest BCUT2D eigenvalue weighted by Gasteiger charge is 2.27. The Morgan fingerprint density at radius 1 is 1.33 bits per heavy atom. The Morgan fingerprint density at radius 2 is 2.00 bits per heavy atom. The van der Waals surface area contributed by atoms with E-state index in [-0.39, 0.29) is 11.6 Å². The van der Waals surface area contributed by atoms with E-state index in [0.29, 0.717) is 16.6 Å². The van der Waals surface area contributed by atoms with Crippen LogP contribution in [0, 0.1) is 12.7 Å². The van der Waals surface area contributed by atoms with Gasteiger partial charge in [-0.1, -0.05) is 34.8 Å². The predicted octanol–water partition coefficient (Wildman–Crippen LogP) is 3.84. The van der Waals surface area contributed by atoms with Crippen LogP contribution in [0.1, 0.15) is 11.4 Å². The molecule has 0 aliphatic rings. The van der Waals surface area contributed by atoms with Crippen LogP contribution in [0.15, 0.2) is 12.1 Å². The summed E-state index contributed by atoms with van der Waals surface area (Å²) >= 11 is 17.0. The van der Waals surface area contributed by atoms with E-state index in [0.717, 1.165) is 0 Å². The molecule has 0 radical (unpaired) electrons. The van der Waals surface area contributed by atoms with Crippen molar-refractivity contribution in [2.24, 2.45) is 0 Å². The molecule has 80 valence electrons. The van der Waals surface area contributed by atoms with Crippen molar-refractivity contribution in [2.75, 3.05) is 0 Å². The zero-order valence-electron chi connectivity index (χ0n) is 7.61. The first-order valence-electron chi connectivity index (χ1n) is 4.11. The van der Waals surface area contributed by atoms with E-state index in [1.165, 1.54) is 12.1 Å². The van der Waals surface area contributed by atoms with Crippen molar-refractivity contribution in [3.63, 3.8) is 0 Å². The summed E-state index contributed by atoms with van der Waals surface area (Å²) in [5, 5.41) is 0. The Labute approximate surface area is 100 Å². The van der Waals surface area contributed by atoms with E-state index in [1.807, 2.05) is 0 Å². The summed E-state index contributed by atoms with van der Waals surface area (Å²) in [6, 6.07) is 2.70. The van der Waals surface area contributed by atoms with E-state index in [2.05, 4.69) is 9.97 Å². The number of fused-ring (bicyclic) bond motifs is 1. The zero-order valence-corrected chi connectivity index (χ0v) is 9.88. The number of alkyl halides is 3. The highest BCUT2D eigenvalue weighted by molar-refractivity contribution is 6.66. The van der Waals surface area contributed by atoms with Gasteiger partial charge in [0.15, 0.2) is 5.82 Å². The van der Waals surface area contributed by atoms with Crippen LogP contribution < -0.4 is 0 Å². The molecular formula is C9H6Cl3FN2.